The average molecular weight is 259 g/mol. The topological polar surface area (TPSA) is 38.3 Å². The normalized spacial score (nSPS) is 22.5. The third kappa shape index (κ3) is 1.86. The highest BCUT2D eigenvalue weighted by molar-refractivity contribution is 5.78. The van der Waals surface area contributed by atoms with Crippen LogP contribution in [0.4, 0.5) is 13.2 Å². The zero-order valence-corrected chi connectivity index (χ0v) is 9.89. The summed E-state index contributed by atoms with van der Waals surface area (Å²) in [6, 6.07) is -0.122. The summed E-state index contributed by atoms with van der Waals surface area (Å²) >= 11 is 0. The van der Waals surface area contributed by atoms with Crippen molar-refractivity contribution in [2.75, 3.05) is 13.7 Å². The third-order valence-corrected chi connectivity index (χ3v) is 3.10. The van der Waals surface area contributed by atoms with Crippen LogP contribution < -0.4 is 5.32 Å². The van der Waals surface area contributed by atoms with Crippen LogP contribution in [0.5, 0.6) is 0 Å². The Kier molecular flexibility index (Phi) is 3.30. The number of benzene rings is 1. The molecule has 0 aliphatic carbocycles. The quantitative estimate of drug-likeness (QED) is 0.619. The van der Waals surface area contributed by atoms with Crippen LogP contribution in [0.1, 0.15) is 30.0 Å². The first-order chi connectivity index (χ1) is 8.47. The molecule has 0 fully saturated rings. The number of nitrogens with one attached hydrogen (secondary N) is 1. The first-order valence-electron chi connectivity index (χ1n) is 5.45. The van der Waals surface area contributed by atoms with Gasteiger partial charge >= 0.3 is 5.97 Å². The van der Waals surface area contributed by atoms with Crippen molar-refractivity contribution in [3.8, 4) is 0 Å². The van der Waals surface area contributed by atoms with Crippen LogP contribution in [0, 0.1) is 17.5 Å². The van der Waals surface area contributed by atoms with E-state index in [1.807, 2.05) is 0 Å². The zero-order valence-electron chi connectivity index (χ0n) is 9.89. The van der Waals surface area contributed by atoms with Crippen LogP contribution in [-0.4, -0.2) is 19.6 Å². The van der Waals surface area contributed by atoms with Crippen LogP contribution in [0.2, 0.25) is 0 Å². The van der Waals surface area contributed by atoms with Crippen molar-refractivity contribution in [1.82, 2.24) is 5.32 Å². The van der Waals surface area contributed by atoms with Crippen molar-refractivity contribution in [1.29, 1.82) is 0 Å². The van der Waals surface area contributed by atoms with Crippen LogP contribution in [-0.2, 0) is 9.53 Å². The summed E-state index contributed by atoms with van der Waals surface area (Å²) in [5.41, 5.74) is 0.125. The van der Waals surface area contributed by atoms with Gasteiger partial charge in [0.25, 0.3) is 0 Å². The number of hydrogen-bond donors (Lipinski definition) is 1. The molecule has 3 nitrogen and oxygen atoms in total. The molecule has 1 N–H and O–H groups in total. The minimum atomic E-state index is -1.51. The molecule has 2 atom stereocenters. The number of carbonyl (C=O) groups is 1. The molecule has 2 rings (SSSR count). The van der Waals surface area contributed by atoms with Gasteiger partial charge in [-0.3, -0.25) is 0 Å². The smallest absolute Gasteiger partial charge is 0.327 e. The number of rotatable bonds is 1. The molecule has 1 aliphatic rings. The molecule has 0 aromatic heterocycles. The summed E-state index contributed by atoms with van der Waals surface area (Å²) in [6.07, 6.45) is 0. The van der Waals surface area contributed by atoms with Crippen LogP contribution in [0.25, 0.3) is 0 Å². The lowest BCUT2D eigenvalue weighted by molar-refractivity contribution is -0.143. The molecule has 6 heteroatoms. The Hall–Kier alpha value is -1.56. The first kappa shape index (κ1) is 12.9. The van der Waals surface area contributed by atoms with Crippen molar-refractivity contribution in [3.63, 3.8) is 0 Å². The van der Waals surface area contributed by atoms with E-state index in [4.69, 9.17) is 0 Å². The summed E-state index contributed by atoms with van der Waals surface area (Å²) in [5, 5.41) is 2.82. The minimum Gasteiger partial charge on any atom is -0.468 e. The summed E-state index contributed by atoms with van der Waals surface area (Å²) in [5.74, 6) is -5.06. The van der Waals surface area contributed by atoms with Crippen molar-refractivity contribution in [3.05, 3.63) is 34.6 Å². The number of carbonyl (C=O) groups excluding carboxylic acids is 1. The second-order valence-corrected chi connectivity index (χ2v) is 4.25. The average Bonchev–Trinajstić information content (AvgIpc) is 2.35. The Morgan fingerprint density at radius 3 is 2.67 bits per heavy atom. The minimum absolute atomic E-state index is 0.0306. The molecule has 1 heterocycles. The fourth-order valence-corrected chi connectivity index (χ4v) is 2.20. The Balaban J connectivity index is 2.62. The van der Waals surface area contributed by atoms with Crippen LogP contribution in [0.15, 0.2) is 6.07 Å². The van der Waals surface area contributed by atoms with E-state index in [1.165, 1.54) is 7.11 Å². The fourth-order valence-electron chi connectivity index (χ4n) is 2.20. The van der Waals surface area contributed by atoms with Gasteiger partial charge in [0.15, 0.2) is 17.5 Å². The maximum Gasteiger partial charge on any atom is 0.327 e. The Morgan fingerprint density at radius 1 is 1.39 bits per heavy atom. The Bertz CT molecular complexity index is 505. The lowest BCUT2D eigenvalue weighted by Gasteiger charge is -2.29. The molecule has 0 spiro atoms. The van der Waals surface area contributed by atoms with Gasteiger partial charge < -0.3 is 10.1 Å². The lowest BCUT2D eigenvalue weighted by Crippen LogP contribution is -2.38. The molecule has 18 heavy (non-hydrogen) atoms. The summed E-state index contributed by atoms with van der Waals surface area (Å²) in [4.78, 5) is 11.5. The highest BCUT2D eigenvalue weighted by Crippen LogP contribution is 2.34. The largest absolute Gasteiger partial charge is 0.468 e. The first-order valence-corrected chi connectivity index (χ1v) is 5.45. The van der Waals surface area contributed by atoms with Gasteiger partial charge in [0, 0.05) is 12.1 Å². The summed E-state index contributed by atoms with van der Waals surface area (Å²) in [6.45, 7) is 1.95. The zero-order chi connectivity index (χ0) is 13.4. The number of esters is 1. The maximum atomic E-state index is 13.7. The summed E-state index contributed by atoms with van der Waals surface area (Å²) in [7, 11) is 1.18. The Labute approximate surface area is 102 Å². The predicted molar refractivity (Wildman–Crippen MR) is 57.5 cm³/mol. The van der Waals surface area contributed by atoms with Gasteiger partial charge in [-0.25, -0.2) is 18.0 Å². The van der Waals surface area contributed by atoms with E-state index in [0.717, 1.165) is 6.07 Å². The molecule has 98 valence electrons. The van der Waals surface area contributed by atoms with Crippen molar-refractivity contribution in [2.24, 2.45) is 0 Å². The van der Waals surface area contributed by atoms with Gasteiger partial charge in [0.1, 0.15) is 6.04 Å². The summed E-state index contributed by atoms with van der Waals surface area (Å²) < 4.78 is 44.7. The molecule has 0 bridgehead atoms. The monoisotopic (exact) mass is 259 g/mol. The molecule has 0 amide bonds. The molecule has 0 saturated heterocycles. The molecule has 0 radical (unpaired) electrons. The molecule has 1 aromatic rings. The van der Waals surface area contributed by atoms with Gasteiger partial charge in [-0.1, -0.05) is 6.92 Å². The third-order valence-electron chi connectivity index (χ3n) is 3.10. The van der Waals surface area contributed by atoms with E-state index in [-0.39, 0.29) is 23.6 Å². The van der Waals surface area contributed by atoms with Crippen molar-refractivity contribution < 1.29 is 22.7 Å². The second-order valence-electron chi connectivity index (χ2n) is 4.25. The van der Waals surface area contributed by atoms with Crippen LogP contribution in [0.3, 0.4) is 0 Å². The van der Waals surface area contributed by atoms with E-state index in [0.29, 0.717) is 0 Å². The van der Waals surface area contributed by atoms with Gasteiger partial charge in [0.05, 0.1) is 7.11 Å². The highest BCUT2D eigenvalue weighted by Gasteiger charge is 2.34. The number of fused-ring (bicyclic) bond motifs is 1. The predicted octanol–water partition coefficient (Wildman–Crippen LogP) is 2.02. The standard InChI is InChI=1S/C12H12F3NO2/c1-5-4-16-11(12(17)18-2)6-3-7(13)9(14)10(15)8(5)6/h3,5,11,16H,4H2,1-2H3. The van der Waals surface area contributed by atoms with Crippen molar-refractivity contribution in [2.45, 2.75) is 18.9 Å². The Morgan fingerprint density at radius 2 is 2.06 bits per heavy atom. The van der Waals surface area contributed by atoms with E-state index in [9.17, 15) is 18.0 Å². The van der Waals surface area contributed by atoms with Gasteiger partial charge in [0.2, 0.25) is 0 Å². The fraction of sp³-hybridized carbons (Fsp3) is 0.417. The molecule has 1 aromatic carbocycles. The second kappa shape index (κ2) is 4.61. The number of hydrogen-bond acceptors (Lipinski definition) is 3. The van der Waals surface area contributed by atoms with Gasteiger partial charge in [-0.15, -0.1) is 0 Å². The lowest BCUT2D eigenvalue weighted by atomic mass is 9.87. The van der Waals surface area contributed by atoms with Crippen molar-refractivity contribution >= 4 is 5.97 Å². The van der Waals surface area contributed by atoms with E-state index in [1.54, 1.807) is 6.92 Å². The van der Waals surface area contributed by atoms with Gasteiger partial charge in [-0.2, -0.15) is 0 Å². The molecule has 2 unspecified atom stereocenters. The van der Waals surface area contributed by atoms with E-state index >= 15 is 0 Å². The SMILES string of the molecule is COC(=O)C1NCC(C)c2c1cc(F)c(F)c2F. The molecular formula is C12H12F3NO2. The van der Waals surface area contributed by atoms with E-state index < -0.39 is 29.5 Å². The number of ether oxygens (including phenoxy) is 1. The maximum absolute atomic E-state index is 13.7. The molecule has 0 saturated carbocycles. The number of methoxy groups -OCH3 is 1. The highest BCUT2D eigenvalue weighted by atomic mass is 19.2. The van der Waals surface area contributed by atoms with Gasteiger partial charge in [-0.05, 0) is 17.5 Å². The number of halogens is 3. The van der Waals surface area contributed by atoms with Crippen LogP contribution >= 0.6 is 0 Å². The molecule has 1 aliphatic heterocycles. The van der Waals surface area contributed by atoms with E-state index in [2.05, 4.69) is 10.1 Å². The molecular weight excluding hydrogens is 247 g/mol.